The average Bonchev–Trinajstić information content (AvgIpc) is 2.97. The Balaban J connectivity index is 1.59. The molecule has 0 saturated carbocycles. The van der Waals surface area contributed by atoms with Crippen molar-refractivity contribution in [1.82, 2.24) is 15.5 Å². The first-order chi connectivity index (χ1) is 9.22. The summed E-state index contributed by atoms with van der Waals surface area (Å²) in [5, 5.41) is 7.40. The minimum absolute atomic E-state index is 0.471. The first kappa shape index (κ1) is 12.4. The normalized spacial score (nSPS) is 17.7. The summed E-state index contributed by atoms with van der Waals surface area (Å²) >= 11 is 0. The highest BCUT2D eigenvalue weighted by molar-refractivity contribution is 5.37. The minimum Gasteiger partial charge on any atom is -0.339 e. The van der Waals surface area contributed by atoms with Crippen LogP contribution in [0, 0.1) is 13.8 Å². The summed E-state index contributed by atoms with van der Waals surface area (Å²) in [6.45, 7) is 4.87. The van der Waals surface area contributed by atoms with Crippen LogP contribution in [0.2, 0.25) is 0 Å². The SMILES string of the molecule is Cc1ccc2c(c1)C(NCCc1nc(C)no1)CC2. The van der Waals surface area contributed by atoms with Gasteiger partial charge in [-0.05, 0) is 37.8 Å². The van der Waals surface area contributed by atoms with Gasteiger partial charge in [0.25, 0.3) is 0 Å². The van der Waals surface area contributed by atoms with Gasteiger partial charge in [-0.25, -0.2) is 0 Å². The van der Waals surface area contributed by atoms with Crippen molar-refractivity contribution in [3.8, 4) is 0 Å². The summed E-state index contributed by atoms with van der Waals surface area (Å²) in [6.07, 6.45) is 3.15. The van der Waals surface area contributed by atoms with E-state index in [-0.39, 0.29) is 0 Å². The van der Waals surface area contributed by atoms with Crippen molar-refractivity contribution in [3.05, 3.63) is 46.6 Å². The fourth-order valence-electron chi connectivity index (χ4n) is 2.73. The Hall–Kier alpha value is -1.68. The van der Waals surface area contributed by atoms with Gasteiger partial charge in [0.2, 0.25) is 5.89 Å². The molecule has 2 aromatic rings. The third-order valence-electron chi connectivity index (χ3n) is 3.68. The number of aromatic nitrogens is 2. The molecule has 0 radical (unpaired) electrons. The summed E-state index contributed by atoms with van der Waals surface area (Å²) in [5.41, 5.74) is 4.28. The molecule has 1 heterocycles. The number of aryl methyl sites for hydroxylation is 3. The van der Waals surface area contributed by atoms with Crippen LogP contribution in [0.25, 0.3) is 0 Å². The molecule has 0 saturated heterocycles. The molecule has 1 unspecified atom stereocenters. The van der Waals surface area contributed by atoms with Crippen LogP contribution >= 0.6 is 0 Å². The van der Waals surface area contributed by atoms with Gasteiger partial charge >= 0.3 is 0 Å². The van der Waals surface area contributed by atoms with Crippen LogP contribution < -0.4 is 5.32 Å². The number of nitrogens with zero attached hydrogens (tertiary/aromatic N) is 2. The number of fused-ring (bicyclic) bond motifs is 1. The molecule has 0 fully saturated rings. The highest BCUT2D eigenvalue weighted by atomic mass is 16.5. The third kappa shape index (κ3) is 2.68. The molecule has 1 aromatic heterocycles. The van der Waals surface area contributed by atoms with Crippen molar-refractivity contribution in [2.75, 3.05) is 6.54 Å². The lowest BCUT2D eigenvalue weighted by atomic mass is 10.1. The van der Waals surface area contributed by atoms with Crippen LogP contribution in [-0.2, 0) is 12.8 Å². The quantitative estimate of drug-likeness (QED) is 0.914. The Morgan fingerprint density at radius 3 is 3.05 bits per heavy atom. The second-order valence-electron chi connectivity index (χ2n) is 5.23. The Labute approximate surface area is 113 Å². The van der Waals surface area contributed by atoms with Crippen molar-refractivity contribution in [3.63, 3.8) is 0 Å². The fraction of sp³-hybridized carbons (Fsp3) is 0.467. The second kappa shape index (κ2) is 5.13. The average molecular weight is 257 g/mol. The predicted molar refractivity (Wildman–Crippen MR) is 73.0 cm³/mol. The molecule has 19 heavy (non-hydrogen) atoms. The van der Waals surface area contributed by atoms with Gasteiger partial charge in [0.05, 0.1) is 0 Å². The number of benzene rings is 1. The zero-order valence-electron chi connectivity index (χ0n) is 11.4. The fourth-order valence-corrected chi connectivity index (χ4v) is 2.73. The van der Waals surface area contributed by atoms with E-state index in [4.69, 9.17) is 4.52 Å². The maximum Gasteiger partial charge on any atom is 0.227 e. The topological polar surface area (TPSA) is 51.0 Å². The van der Waals surface area contributed by atoms with Gasteiger partial charge in [0, 0.05) is 19.0 Å². The van der Waals surface area contributed by atoms with E-state index in [2.05, 4.69) is 40.6 Å². The van der Waals surface area contributed by atoms with Crippen molar-refractivity contribution >= 4 is 0 Å². The van der Waals surface area contributed by atoms with E-state index in [1.165, 1.54) is 29.5 Å². The molecule has 0 aliphatic heterocycles. The van der Waals surface area contributed by atoms with E-state index in [9.17, 15) is 0 Å². The lowest BCUT2D eigenvalue weighted by Gasteiger charge is -2.13. The zero-order chi connectivity index (χ0) is 13.2. The monoisotopic (exact) mass is 257 g/mol. The summed E-state index contributed by atoms with van der Waals surface area (Å²) in [5.74, 6) is 1.42. The number of hydrogen-bond acceptors (Lipinski definition) is 4. The molecule has 0 bridgehead atoms. The molecule has 4 heteroatoms. The Kier molecular flexibility index (Phi) is 3.34. The van der Waals surface area contributed by atoms with E-state index in [0.29, 0.717) is 17.8 Å². The standard InChI is InChI=1S/C15H19N3O/c1-10-3-4-12-5-6-14(13(12)9-10)16-8-7-15-17-11(2)18-19-15/h3-4,9,14,16H,5-8H2,1-2H3. The van der Waals surface area contributed by atoms with Gasteiger partial charge in [-0.1, -0.05) is 28.9 Å². The number of rotatable bonds is 4. The smallest absolute Gasteiger partial charge is 0.227 e. The van der Waals surface area contributed by atoms with Gasteiger partial charge in [-0.3, -0.25) is 0 Å². The van der Waals surface area contributed by atoms with E-state index >= 15 is 0 Å². The van der Waals surface area contributed by atoms with Crippen molar-refractivity contribution in [1.29, 1.82) is 0 Å². The second-order valence-corrected chi connectivity index (χ2v) is 5.23. The van der Waals surface area contributed by atoms with Crippen molar-refractivity contribution in [2.24, 2.45) is 0 Å². The van der Waals surface area contributed by atoms with E-state index in [1.807, 2.05) is 6.92 Å². The summed E-state index contributed by atoms with van der Waals surface area (Å²) in [6, 6.07) is 7.23. The Morgan fingerprint density at radius 2 is 2.26 bits per heavy atom. The molecule has 0 spiro atoms. The van der Waals surface area contributed by atoms with Gasteiger partial charge in [0.15, 0.2) is 5.82 Å². The first-order valence-electron chi connectivity index (χ1n) is 6.84. The van der Waals surface area contributed by atoms with Gasteiger partial charge in [0.1, 0.15) is 0 Å². The maximum atomic E-state index is 5.12. The molecule has 1 aromatic carbocycles. The van der Waals surface area contributed by atoms with Crippen LogP contribution in [-0.4, -0.2) is 16.7 Å². The van der Waals surface area contributed by atoms with Crippen LogP contribution in [0.1, 0.15) is 40.9 Å². The molecule has 100 valence electrons. The van der Waals surface area contributed by atoms with Crippen molar-refractivity contribution in [2.45, 2.75) is 39.2 Å². The molecule has 0 amide bonds. The predicted octanol–water partition coefficient (Wildman–Crippen LogP) is 2.51. The lowest BCUT2D eigenvalue weighted by Crippen LogP contribution is -2.22. The molecule has 1 atom stereocenters. The van der Waals surface area contributed by atoms with Crippen LogP contribution in [0.15, 0.2) is 22.7 Å². The molecule has 1 N–H and O–H groups in total. The number of nitrogens with one attached hydrogen (secondary N) is 1. The molecule has 4 nitrogen and oxygen atoms in total. The van der Waals surface area contributed by atoms with Crippen LogP contribution in [0.3, 0.4) is 0 Å². The van der Waals surface area contributed by atoms with Crippen molar-refractivity contribution < 1.29 is 4.52 Å². The first-order valence-corrected chi connectivity index (χ1v) is 6.84. The molecule has 3 rings (SSSR count). The Bertz CT molecular complexity index is 577. The van der Waals surface area contributed by atoms with Gasteiger partial charge < -0.3 is 9.84 Å². The van der Waals surface area contributed by atoms with E-state index in [1.54, 1.807) is 0 Å². The highest BCUT2D eigenvalue weighted by Crippen LogP contribution is 2.31. The van der Waals surface area contributed by atoms with E-state index in [0.717, 1.165) is 13.0 Å². The lowest BCUT2D eigenvalue weighted by molar-refractivity contribution is 0.369. The number of hydrogen-bond donors (Lipinski definition) is 1. The third-order valence-corrected chi connectivity index (χ3v) is 3.68. The van der Waals surface area contributed by atoms with Crippen LogP contribution in [0.5, 0.6) is 0 Å². The minimum atomic E-state index is 0.471. The molecular formula is C15H19N3O. The zero-order valence-corrected chi connectivity index (χ0v) is 11.4. The van der Waals surface area contributed by atoms with E-state index < -0.39 is 0 Å². The largest absolute Gasteiger partial charge is 0.339 e. The van der Waals surface area contributed by atoms with Gasteiger partial charge in [-0.2, -0.15) is 4.98 Å². The molecule has 1 aliphatic rings. The summed E-state index contributed by atoms with van der Waals surface area (Å²) < 4.78 is 5.12. The van der Waals surface area contributed by atoms with Crippen LogP contribution in [0.4, 0.5) is 0 Å². The van der Waals surface area contributed by atoms with Gasteiger partial charge in [-0.15, -0.1) is 0 Å². The maximum absolute atomic E-state index is 5.12. The molecular weight excluding hydrogens is 238 g/mol. The Morgan fingerprint density at radius 1 is 1.37 bits per heavy atom. The summed E-state index contributed by atoms with van der Waals surface area (Å²) in [7, 11) is 0. The summed E-state index contributed by atoms with van der Waals surface area (Å²) in [4.78, 5) is 4.22. The highest BCUT2D eigenvalue weighted by Gasteiger charge is 2.21. The molecule has 1 aliphatic carbocycles.